The Balaban J connectivity index is 1.39. The number of likely N-dealkylation sites (tertiary alicyclic amines) is 1. The fraction of sp³-hybridized carbons (Fsp3) is 0.550. The first-order valence-corrected chi connectivity index (χ1v) is 13.3. The van der Waals surface area contributed by atoms with Gasteiger partial charge in [0.2, 0.25) is 5.91 Å². The Hall–Kier alpha value is -1.26. The van der Waals surface area contributed by atoms with E-state index in [9.17, 15) is 13.2 Å². The van der Waals surface area contributed by atoms with Crippen molar-refractivity contribution in [2.24, 2.45) is 5.92 Å². The van der Waals surface area contributed by atoms with Gasteiger partial charge in [-0.3, -0.25) is 9.69 Å². The molecule has 2 aliphatic heterocycles. The number of carbonyl (C=O) groups excluding carboxylic acids is 1. The number of piperidine rings is 1. The largest absolute Gasteiger partial charge is 0.354 e. The van der Waals surface area contributed by atoms with Crippen LogP contribution < -0.4 is 5.32 Å². The van der Waals surface area contributed by atoms with Gasteiger partial charge in [-0.2, -0.15) is 4.31 Å². The fourth-order valence-corrected chi connectivity index (χ4v) is 7.73. The molecule has 6 nitrogen and oxygen atoms in total. The van der Waals surface area contributed by atoms with Crippen molar-refractivity contribution in [1.29, 1.82) is 0 Å². The van der Waals surface area contributed by atoms with Crippen molar-refractivity contribution in [3.8, 4) is 0 Å². The van der Waals surface area contributed by atoms with Crippen molar-refractivity contribution >= 4 is 38.6 Å². The zero-order valence-electron chi connectivity index (χ0n) is 16.3. The van der Waals surface area contributed by atoms with Gasteiger partial charge in [-0.15, -0.1) is 22.7 Å². The lowest BCUT2D eigenvalue weighted by molar-refractivity contribution is -0.126. The number of carbonyl (C=O) groups is 1. The zero-order valence-corrected chi connectivity index (χ0v) is 18.8. The molecule has 2 saturated heterocycles. The van der Waals surface area contributed by atoms with Crippen LogP contribution in [0.15, 0.2) is 39.2 Å². The highest BCUT2D eigenvalue weighted by atomic mass is 32.2. The van der Waals surface area contributed by atoms with Crippen LogP contribution in [0.4, 0.5) is 0 Å². The topological polar surface area (TPSA) is 69.7 Å². The Morgan fingerprint density at radius 2 is 1.86 bits per heavy atom. The van der Waals surface area contributed by atoms with E-state index in [2.05, 4.69) is 27.7 Å². The zero-order chi connectivity index (χ0) is 20.3. The van der Waals surface area contributed by atoms with Gasteiger partial charge < -0.3 is 5.32 Å². The highest BCUT2D eigenvalue weighted by molar-refractivity contribution is 7.91. The van der Waals surface area contributed by atoms with Gasteiger partial charge in [-0.1, -0.05) is 12.1 Å². The van der Waals surface area contributed by atoms with E-state index in [0.717, 1.165) is 19.5 Å². The molecule has 0 aromatic carbocycles. The van der Waals surface area contributed by atoms with E-state index < -0.39 is 10.0 Å². The van der Waals surface area contributed by atoms with Gasteiger partial charge >= 0.3 is 0 Å². The van der Waals surface area contributed by atoms with Crippen molar-refractivity contribution in [2.45, 2.75) is 35.9 Å². The third kappa shape index (κ3) is 4.74. The van der Waals surface area contributed by atoms with Crippen LogP contribution >= 0.6 is 22.7 Å². The number of nitrogens with one attached hydrogen (secondary N) is 1. The molecule has 9 heteroatoms. The average molecular weight is 454 g/mol. The quantitative estimate of drug-likeness (QED) is 0.699. The predicted octanol–water partition coefficient (Wildman–Crippen LogP) is 3.16. The minimum atomic E-state index is -3.50. The molecular weight excluding hydrogens is 426 g/mol. The number of sulfonamides is 1. The Labute approximate surface area is 180 Å². The highest BCUT2D eigenvalue weighted by Crippen LogP contribution is 2.29. The molecule has 2 aromatic heterocycles. The number of nitrogens with zero attached hydrogens (tertiary/aromatic N) is 2. The summed E-state index contributed by atoms with van der Waals surface area (Å²) in [6.45, 7) is 3.45. The molecular formula is C20H27N3O3S3. The molecule has 0 aliphatic carbocycles. The number of amides is 1. The lowest BCUT2D eigenvalue weighted by atomic mass is 9.98. The molecule has 0 spiro atoms. The first-order valence-electron chi connectivity index (χ1n) is 10.1. The molecule has 0 radical (unpaired) electrons. The summed E-state index contributed by atoms with van der Waals surface area (Å²) in [6.07, 6.45) is 3.85. The predicted molar refractivity (Wildman–Crippen MR) is 117 cm³/mol. The molecule has 158 valence electrons. The molecule has 1 amide bonds. The van der Waals surface area contributed by atoms with Gasteiger partial charge in [-0.25, -0.2) is 8.42 Å². The fourth-order valence-electron chi connectivity index (χ4n) is 4.20. The molecule has 2 atom stereocenters. The molecule has 0 saturated carbocycles. The van der Waals surface area contributed by atoms with Crippen molar-refractivity contribution < 1.29 is 13.2 Å². The Kier molecular flexibility index (Phi) is 6.70. The minimum Gasteiger partial charge on any atom is -0.354 e. The lowest BCUT2D eigenvalue weighted by Gasteiger charge is -2.32. The van der Waals surface area contributed by atoms with Crippen molar-refractivity contribution in [1.82, 2.24) is 14.5 Å². The first-order chi connectivity index (χ1) is 14.1. The smallest absolute Gasteiger partial charge is 0.252 e. The SMILES string of the molecule is O=C(NC[C@@H](c1cccs1)N1CCCC1)[C@H]1CCCN(S(=O)(=O)c2cccs2)C1. The molecule has 0 unspecified atom stereocenters. The molecule has 4 heterocycles. The summed E-state index contributed by atoms with van der Waals surface area (Å²) in [5.41, 5.74) is 0. The van der Waals surface area contributed by atoms with E-state index >= 15 is 0 Å². The summed E-state index contributed by atoms with van der Waals surface area (Å²) in [5.74, 6) is -0.321. The van der Waals surface area contributed by atoms with Crippen LogP contribution in [0.1, 0.15) is 36.6 Å². The van der Waals surface area contributed by atoms with E-state index in [-0.39, 0.29) is 24.4 Å². The van der Waals surface area contributed by atoms with Crippen molar-refractivity contribution in [3.05, 3.63) is 39.9 Å². The Morgan fingerprint density at radius 1 is 1.10 bits per heavy atom. The van der Waals surface area contributed by atoms with Crippen LogP contribution in [0.25, 0.3) is 0 Å². The number of thiophene rings is 2. The van der Waals surface area contributed by atoms with Gasteiger partial charge in [0.1, 0.15) is 4.21 Å². The summed E-state index contributed by atoms with van der Waals surface area (Å²) >= 11 is 2.95. The maximum atomic E-state index is 12.9. The van der Waals surface area contributed by atoms with Gasteiger partial charge in [0, 0.05) is 24.5 Å². The molecule has 4 rings (SSSR count). The van der Waals surface area contributed by atoms with Crippen LogP contribution in [0, 0.1) is 5.92 Å². The minimum absolute atomic E-state index is 0.0307. The summed E-state index contributed by atoms with van der Waals surface area (Å²) in [4.78, 5) is 16.6. The monoisotopic (exact) mass is 453 g/mol. The summed E-state index contributed by atoms with van der Waals surface area (Å²) < 4.78 is 27.5. The molecule has 2 aliphatic rings. The van der Waals surface area contributed by atoms with Gasteiger partial charge in [0.25, 0.3) is 10.0 Å². The normalized spacial score (nSPS) is 22.6. The molecule has 2 fully saturated rings. The maximum Gasteiger partial charge on any atom is 0.252 e. The van der Waals surface area contributed by atoms with Crippen molar-refractivity contribution in [2.75, 3.05) is 32.7 Å². The lowest BCUT2D eigenvalue weighted by Crippen LogP contribution is -2.46. The van der Waals surface area contributed by atoms with Gasteiger partial charge in [-0.05, 0) is 61.7 Å². The molecule has 0 bridgehead atoms. The number of rotatable bonds is 7. The third-order valence-electron chi connectivity index (χ3n) is 5.77. The molecule has 2 aromatic rings. The van der Waals surface area contributed by atoms with Crippen molar-refractivity contribution in [3.63, 3.8) is 0 Å². The van der Waals surface area contributed by atoms with E-state index in [4.69, 9.17) is 0 Å². The molecule has 29 heavy (non-hydrogen) atoms. The highest BCUT2D eigenvalue weighted by Gasteiger charge is 2.34. The van der Waals surface area contributed by atoms with E-state index in [1.54, 1.807) is 28.8 Å². The first kappa shape index (κ1) is 21.0. The maximum absolute atomic E-state index is 12.9. The van der Waals surface area contributed by atoms with Crippen LogP contribution in [-0.4, -0.2) is 56.3 Å². The summed E-state index contributed by atoms with van der Waals surface area (Å²) in [7, 11) is -3.50. The number of hydrogen-bond donors (Lipinski definition) is 1. The van der Waals surface area contributed by atoms with Crippen LogP contribution in [-0.2, 0) is 14.8 Å². The number of hydrogen-bond acceptors (Lipinski definition) is 6. The van der Waals surface area contributed by atoms with E-state index in [1.165, 1.54) is 33.4 Å². The summed E-state index contributed by atoms with van der Waals surface area (Å²) in [5, 5.41) is 6.98. The van der Waals surface area contributed by atoms with E-state index in [1.807, 2.05) is 0 Å². The van der Waals surface area contributed by atoms with Gasteiger partial charge in [0.05, 0.1) is 12.0 Å². The second kappa shape index (κ2) is 9.26. The van der Waals surface area contributed by atoms with E-state index in [0.29, 0.717) is 23.7 Å². The van der Waals surface area contributed by atoms with Crippen LogP contribution in [0.2, 0.25) is 0 Å². The Bertz CT molecular complexity index is 891. The molecule has 1 N–H and O–H groups in total. The third-order valence-corrected chi connectivity index (χ3v) is 9.98. The standard InChI is InChI=1S/C20H27N3O3S3/c24-20(21-14-17(18-7-4-12-27-18)22-9-1-2-10-22)16-6-3-11-23(15-16)29(25,26)19-8-5-13-28-19/h4-5,7-8,12-13,16-17H,1-3,6,9-11,14-15H2,(H,21,24)/t16-,17-/m0/s1. The Morgan fingerprint density at radius 3 is 2.55 bits per heavy atom. The van der Waals surface area contributed by atoms with Crippen LogP contribution in [0.3, 0.4) is 0 Å². The van der Waals surface area contributed by atoms with Crippen LogP contribution in [0.5, 0.6) is 0 Å². The average Bonchev–Trinajstić information content (AvgIpc) is 3.51. The second-order valence-electron chi connectivity index (χ2n) is 7.65. The summed E-state index contributed by atoms with van der Waals surface area (Å²) in [6, 6.07) is 7.77. The van der Waals surface area contributed by atoms with Gasteiger partial charge in [0.15, 0.2) is 0 Å². The second-order valence-corrected chi connectivity index (χ2v) is 11.7.